The zero-order chi connectivity index (χ0) is 42.6. The number of nitrogens with one attached hydrogen (secondary N) is 2. The first-order valence-corrected chi connectivity index (χ1v) is 21.4. The van der Waals surface area contributed by atoms with Crippen LogP contribution in [0.15, 0.2) is 48.7 Å². The molecule has 1 saturated heterocycles. The normalized spacial score (nSPS) is 22.6. The number of anilines is 3. The number of amides is 1. The van der Waals surface area contributed by atoms with Gasteiger partial charge in [0.1, 0.15) is 5.52 Å². The minimum Gasteiger partial charge on any atom is -0.469 e. The first-order valence-electron chi connectivity index (χ1n) is 21.0. The van der Waals surface area contributed by atoms with Gasteiger partial charge >= 0.3 is 5.97 Å². The Morgan fingerprint density at radius 2 is 1.80 bits per heavy atom. The van der Waals surface area contributed by atoms with Crippen molar-refractivity contribution in [2.24, 2.45) is 17.9 Å². The van der Waals surface area contributed by atoms with Crippen molar-refractivity contribution in [3.8, 4) is 11.1 Å². The summed E-state index contributed by atoms with van der Waals surface area (Å²) in [6.45, 7) is 6.14. The predicted molar refractivity (Wildman–Crippen MR) is 228 cm³/mol. The number of fused-ring (bicyclic) bond motifs is 4. The highest BCUT2D eigenvalue weighted by atomic mass is 35.5. The minimum absolute atomic E-state index is 0.0503. The van der Waals surface area contributed by atoms with E-state index in [1.54, 1.807) is 18.3 Å². The number of rotatable bonds is 12. The van der Waals surface area contributed by atoms with Crippen molar-refractivity contribution in [2.45, 2.75) is 83.9 Å². The largest absolute Gasteiger partial charge is 0.469 e. The molecule has 1 atom stereocenters. The van der Waals surface area contributed by atoms with Crippen LogP contribution in [-0.2, 0) is 36.1 Å². The number of likely N-dealkylation sites (tertiary alicyclic amines) is 1. The van der Waals surface area contributed by atoms with Crippen LogP contribution in [0.25, 0.3) is 22.2 Å². The van der Waals surface area contributed by atoms with E-state index in [0.717, 1.165) is 92.7 Å². The summed E-state index contributed by atoms with van der Waals surface area (Å²) in [5, 5.41) is 16.5. The van der Waals surface area contributed by atoms with Crippen LogP contribution in [-0.4, -0.2) is 90.7 Å². The Morgan fingerprint density at radius 3 is 2.54 bits per heavy atom. The fourth-order valence-electron chi connectivity index (χ4n) is 10.3. The third-order valence-corrected chi connectivity index (χ3v) is 14.1. The molecule has 2 saturated carbocycles. The van der Waals surface area contributed by atoms with Crippen LogP contribution >= 0.6 is 11.6 Å². The van der Waals surface area contributed by atoms with Crippen molar-refractivity contribution in [1.29, 1.82) is 0 Å². The summed E-state index contributed by atoms with van der Waals surface area (Å²) in [5.41, 5.74) is 6.51. The lowest BCUT2D eigenvalue weighted by molar-refractivity contribution is -0.152. The number of benzene rings is 2. The van der Waals surface area contributed by atoms with Crippen LogP contribution in [0.5, 0.6) is 0 Å². The van der Waals surface area contributed by atoms with Gasteiger partial charge in [-0.1, -0.05) is 35.9 Å². The molecule has 2 bridgehead atoms. The smallest absolute Gasteiger partial charge is 0.311 e. The number of nitrogens with zero attached hydrogens (tertiary/aromatic N) is 7. The maximum Gasteiger partial charge on any atom is 0.311 e. The van der Waals surface area contributed by atoms with E-state index in [1.807, 2.05) is 48.9 Å². The van der Waals surface area contributed by atoms with Gasteiger partial charge < -0.3 is 25.0 Å². The Labute approximate surface area is 357 Å². The summed E-state index contributed by atoms with van der Waals surface area (Å²) in [4.78, 5) is 48.7. The zero-order valence-corrected chi connectivity index (χ0v) is 35.4. The molecule has 9 rings (SSSR count). The number of carbonyl (C=O) groups excluding carboxylic acids is 2. The van der Waals surface area contributed by atoms with E-state index >= 15 is 0 Å². The summed E-state index contributed by atoms with van der Waals surface area (Å²) in [7, 11) is 3.37. The Balaban J connectivity index is 0.901. The first-order chi connectivity index (χ1) is 29.3. The second-order valence-corrected chi connectivity index (χ2v) is 17.8. The molecule has 2 aliphatic carbocycles. The number of aliphatic hydroxyl groups excluding tert-OH is 1. The topological polar surface area (TPSA) is 151 Å². The van der Waals surface area contributed by atoms with E-state index in [9.17, 15) is 23.5 Å². The monoisotopic (exact) mass is 853 g/mol. The average Bonchev–Trinajstić information content (AvgIpc) is 4.03. The van der Waals surface area contributed by atoms with Crippen molar-refractivity contribution >= 4 is 51.7 Å². The van der Waals surface area contributed by atoms with Gasteiger partial charge in [0.15, 0.2) is 17.5 Å². The van der Waals surface area contributed by atoms with Crippen molar-refractivity contribution in [3.05, 3.63) is 87.8 Å². The van der Waals surface area contributed by atoms with Crippen molar-refractivity contribution in [2.75, 3.05) is 43.9 Å². The summed E-state index contributed by atoms with van der Waals surface area (Å²) in [5.74, 6) is -0.585. The van der Waals surface area contributed by atoms with Crippen molar-refractivity contribution in [1.82, 2.24) is 34.3 Å². The average molecular weight is 854 g/mol. The molecule has 1 amide bonds. The first kappa shape index (κ1) is 41.3. The number of esters is 1. The number of methoxy groups -OCH3 is 1. The highest BCUT2D eigenvalue weighted by Gasteiger charge is 2.58. The number of aliphatic hydroxyl groups is 1. The Morgan fingerprint density at radius 1 is 1.03 bits per heavy atom. The van der Waals surface area contributed by atoms with E-state index in [0.29, 0.717) is 59.4 Å². The quantitative estimate of drug-likeness (QED) is 0.106. The molecule has 2 aliphatic heterocycles. The summed E-state index contributed by atoms with van der Waals surface area (Å²) < 4.78 is 35.2. The second-order valence-electron chi connectivity index (χ2n) is 17.5. The van der Waals surface area contributed by atoms with Gasteiger partial charge in [-0.25, -0.2) is 23.7 Å². The SMILES string of the molecule is COC(=O)C12CCC(CCN3CCc4c(nc(C(=O)Nc5cccc(-c6cccc(Nc7nc(C(F)F)nc8cc(CN9CC[C@@H](O)C9)cnc78)c6C)c5Cl)n4C)C3)(CC1)C2. The molecule has 13 nitrogen and oxygen atoms in total. The molecule has 5 heterocycles. The van der Waals surface area contributed by atoms with Crippen LogP contribution in [0, 0.1) is 17.8 Å². The highest BCUT2D eigenvalue weighted by Crippen LogP contribution is 2.63. The standard InChI is InChI=1S/C45H50ClF2N9O4/c1-26-29(6-4-8-31(26)50-39-37-33(51-40(54-39)38(47)48)20-27(21-49-37)22-57-17-10-28(58)23-57)30-7-5-9-32(36(30)46)53-42(59)41-52-34-24-56(18-11-35(34)55(41)2)19-16-44-12-14-45(25-44,15-13-44)43(60)61-3/h4-9,20-21,28,38,58H,10-19,22-25H2,1-3H3,(H,53,59)(H,50,51,54)/t28-,44?,45?/m1/s1. The molecular formula is C45H50ClF2N9O4. The van der Waals surface area contributed by atoms with E-state index in [1.165, 1.54) is 7.11 Å². The number of ether oxygens (including phenoxy) is 1. The minimum atomic E-state index is -2.90. The van der Waals surface area contributed by atoms with Crippen LogP contribution in [0.2, 0.25) is 5.02 Å². The molecule has 0 radical (unpaired) electrons. The summed E-state index contributed by atoms with van der Waals surface area (Å²) in [6.07, 6.45) is 5.80. The highest BCUT2D eigenvalue weighted by molar-refractivity contribution is 6.36. The molecule has 0 spiro atoms. The number of β-amino-alcohol motifs (C(OH)–C–C–N with tert-alkyl or cyclic N) is 1. The Bertz CT molecular complexity index is 2520. The number of hydrogen-bond donors (Lipinski definition) is 3. The molecular weight excluding hydrogens is 804 g/mol. The number of halogens is 3. The molecule has 4 aliphatic rings. The number of hydrogen-bond acceptors (Lipinski definition) is 11. The number of aromatic nitrogens is 5. The fraction of sp³-hybridized carbons (Fsp3) is 0.467. The molecule has 3 aromatic heterocycles. The fourth-order valence-corrected chi connectivity index (χ4v) is 10.6. The maximum atomic E-state index is 14.1. The number of alkyl halides is 2. The van der Waals surface area contributed by atoms with Gasteiger partial charge in [0.05, 0.1) is 40.5 Å². The molecule has 320 valence electrons. The number of pyridine rings is 1. The van der Waals surface area contributed by atoms with Crippen LogP contribution in [0.4, 0.5) is 26.0 Å². The number of imidazole rings is 1. The Hall–Kier alpha value is -5.09. The zero-order valence-electron chi connectivity index (χ0n) is 34.6. The van der Waals surface area contributed by atoms with Gasteiger partial charge in [0.2, 0.25) is 0 Å². The molecule has 16 heteroatoms. The van der Waals surface area contributed by atoms with E-state index in [4.69, 9.17) is 21.3 Å². The lowest BCUT2D eigenvalue weighted by atomic mass is 9.80. The van der Waals surface area contributed by atoms with E-state index < -0.39 is 12.2 Å². The lowest BCUT2D eigenvalue weighted by Crippen LogP contribution is -2.34. The van der Waals surface area contributed by atoms with Crippen LogP contribution in [0.3, 0.4) is 0 Å². The molecule has 3 fully saturated rings. The van der Waals surface area contributed by atoms with Gasteiger partial charge in [-0.05, 0) is 98.7 Å². The molecule has 61 heavy (non-hydrogen) atoms. The summed E-state index contributed by atoms with van der Waals surface area (Å²) >= 11 is 7.06. The van der Waals surface area contributed by atoms with Gasteiger partial charge in [-0.2, -0.15) is 0 Å². The van der Waals surface area contributed by atoms with Gasteiger partial charge in [-0.3, -0.25) is 24.4 Å². The second kappa shape index (κ2) is 16.3. The number of carbonyl (C=O) groups is 2. The molecule has 3 N–H and O–H groups in total. The van der Waals surface area contributed by atoms with Crippen LogP contribution in [0.1, 0.15) is 90.3 Å². The molecule has 0 unspecified atom stereocenters. The van der Waals surface area contributed by atoms with Crippen molar-refractivity contribution in [3.63, 3.8) is 0 Å². The van der Waals surface area contributed by atoms with Crippen LogP contribution < -0.4 is 10.6 Å². The predicted octanol–water partition coefficient (Wildman–Crippen LogP) is 7.76. The van der Waals surface area contributed by atoms with E-state index in [-0.39, 0.29) is 40.1 Å². The third kappa shape index (κ3) is 7.85. The molecule has 2 aromatic carbocycles. The van der Waals surface area contributed by atoms with Gasteiger partial charge in [0, 0.05) is 69.3 Å². The third-order valence-electron chi connectivity index (χ3n) is 13.7. The van der Waals surface area contributed by atoms with E-state index in [2.05, 4.69) is 35.4 Å². The van der Waals surface area contributed by atoms with Gasteiger partial charge in [-0.15, -0.1) is 0 Å². The van der Waals surface area contributed by atoms with Crippen molar-refractivity contribution < 1.29 is 28.2 Å². The lowest BCUT2D eigenvalue weighted by Gasteiger charge is -2.32. The Kier molecular flexibility index (Phi) is 11.0. The summed E-state index contributed by atoms with van der Waals surface area (Å²) in [6, 6.07) is 12.7. The maximum absolute atomic E-state index is 14.1. The van der Waals surface area contributed by atoms with Gasteiger partial charge in [0.25, 0.3) is 12.3 Å². The molecule has 5 aromatic rings.